The summed E-state index contributed by atoms with van der Waals surface area (Å²) in [6.45, 7) is 10.9. The van der Waals surface area contributed by atoms with Gasteiger partial charge in [0.1, 0.15) is 0 Å². The zero-order valence-corrected chi connectivity index (χ0v) is 11.6. The van der Waals surface area contributed by atoms with Crippen LogP contribution in [0.4, 0.5) is 0 Å². The highest BCUT2D eigenvalue weighted by molar-refractivity contribution is 5.20. The van der Waals surface area contributed by atoms with Gasteiger partial charge in [-0.2, -0.15) is 0 Å². The molecule has 0 atom stereocenters. The van der Waals surface area contributed by atoms with Crippen molar-refractivity contribution in [3.8, 4) is 0 Å². The van der Waals surface area contributed by atoms with Crippen LogP contribution in [0.25, 0.3) is 0 Å². The molecule has 0 aromatic rings. The number of rotatable bonds is 3. The second kappa shape index (κ2) is 6.55. The summed E-state index contributed by atoms with van der Waals surface area (Å²) in [6.07, 6.45) is 6.86. The minimum Gasteiger partial charge on any atom is -0.315 e. The van der Waals surface area contributed by atoms with Crippen molar-refractivity contribution < 1.29 is 0 Å². The molecule has 0 aromatic carbocycles. The lowest BCUT2D eigenvalue weighted by Gasteiger charge is -2.28. The molecule has 0 aromatic heterocycles. The highest BCUT2D eigenvalue weighted by atomic mass is 15.1. The van der Waals surface area contributed by atoms with Gasteiger partial charge in [0.25, 0.3) is 0 Å². The summed E-state index contributed by atoms with van der Waals surface area (Å²) in [5.41, 5.74) is 3.54. The molecule has 1 aliphatic heterocycles. The molecule has 1 aliphatic carbocycles. The normalized spacial score (nSPS) is 24.2. The molecule has 2 aliphatic rings. The summed E-state index contributed by atoms with van der Waals surface area (Å²) in [4.78, 5) is 2.66. The zero-order chi connectivity index (χ0) is 12.1. The fraction of sp³-hybridized carbons (Fsp3) is 0.867. The average molecular weight is 236 g/mol. The van der Waals surface area contributed by atoms with E-state index in [-0.39, 0.29) is 0 Å². The second-order valence-electron chi connectivity index (χ2n) is 5.87. The van der Waals surface area contributed by atoms with Crippen molar-refractivity contribution in [2.75, 3.05) is 32.7 Å². The molecule has 2 nitrogen and oxygen atoms in total. The Morgan fingerprint density at radius 1 is 1.06 bits per heavy atom. The Balaban J connectivity index is 1.98. The molecule has 1 fully saturated rings. The van der Waals surface area contributed by atoms with Crippen LogP contribution in [0.5, 0.6) is 0 Å². The van der Waals surface area contributed by atoms with E-state index in [0.717, 1.165) is 5.92 Å². The first-order valence-electron chi connectivity index (χ1n) is 7.41. The number of nitrogens with one attached hydrogen (secondary N) is 1. The van der Waals surface area contributed by atoms with E-state index < -0.39 is 0 Å². The highest BCUT2D eigenvalue weighted by Crippen LogP contribution is 2.30. The lowest BCUT2D eigenvalue weighted by atomic mass is 9.85. The lowest BCUT2D eigenvalue weighted by molar-refractivity contribution is 0.309. The smallest absolute Gasteiger partial charge is 0.0196 e. The molecule has 2 rings (SSSR count). The van der Waals surface area contributed by atoms with Gasteiger partial charge in [0, 0.05) is 19.6 Å². The van der Waals surface area contributed by atoms with Crippen molar-refractivity contribution in [3.05, 3.63) is 11.1 Å². The van der Waals surface area contributed by atoms with Crippen LogP contribution >= 0.6 is 0 Å². The van der Waals surface area contributed by atoms with E-state index in [1.54, 1.807) is 11.1 Å². The summed E-state index contributed by atoms with van der Waals surface area (Å²) in [5, 5.41) is 3.49. The van der Waals surface area contributed by atoms with Gasteiger partial charge in [0.15, 0.2) is 0 Å². The fourth-order valence-electron chi connectivity index (χ4n) is 3.20. The predicted molar refractivity (Wildman–Crippen MR) is 74.3 cm³/mol. The summed E-state index contributed by atoms with van der Waals surface area (Å²) < 4.78 is 0. The van der Waals surface area contributed by atoms with Gasteiger partial charge in [-0.05, 0) is 51.1 Å². The van der Waals surface area contributed by atoms with Crippen LogP contribution in [-0.2, 0) is 0 Å². The standard InChI is InChI=1S/C15H28N2/c1-13(2)15-7-4-3-6-14(15)12-17-10-5-8-16-9-11-17/h13,16H,3-12H2,1-2H3. The van der Waals surface area contributed by atoms with Crippen molar-refractivity contribution in [2.24, 2.45) is 5.92 Å². The maximum absolute atomic E-state index is 3.49. The summed E-state index contributed by atoms with van der Waals surface area (Å²) >= 11 is 0. The molecule has 1 N–H and O–H groups in total. The molecule has 2 heteroatoms. The third kappa shape index (κ3) is 3.82. The van der Waals surface area contributed by atoms with Gasteiger partial charge in [-0.25, -0.2) is 0 Å². The molecule has 0 unspecified atom stereocenters. The van der Waals surface area contributed by atoms with Crippen LogP contribution in [0.3, 0.4) is 0 Å². The molecular formula is C15H28N2. The first kappa shape index (κ1) is 13.1. The maximum atomic E-state index is 3.49. The largest absolute Gasteiger partial charge is 0.315 e. The highest BCUT2D eigenvalue weighted by Gasteiger charge is 2.18. The van der Waals surface area contributed by atoms with Gasteiger partial charge in [-0.15, -0.1) is 0 Å². The van der Waals surface area contributed by atoms with E-state index in [9.17, 15) is 0 Å². The van der Waals surface area contributed by atoms with E-state index in [1.807, 2.05) is 0 Å². The Hall–Kier alpha value is -0.340. The third-order valence-corrected chi connectivity index (χ3v) is 4.17. The van der Waals surface area contributed by atoms with Crippen molar-refractivity contribution in [3.63, 3.8) is 0 Å². The number of hydrogen-bond acceptors (Lipinski definition) is 2. The van der Waals surface area contributed by atoms with Gasteiger partial charge in [-0.1, -0.05) is 25.0 Å². The third-order valence-electron chi connectivity index (χ3n) is 4.17. The van der Waals surface area contributed by atoms with Crippen LogP contribution in [-0.4, -0.2) is 37.6 Å². The first-order valence-corrected chi connectivity index (χ1v) is 7.41. The fourth-order valence-corrected chi connectivity index (χ4v) is 3.20. The Morgan fingerprint density at radius 3 is 2.71 bits per heavy atom. The number of nitrogens with zero attached hydrogens (tertiary/aromatic N) is 1. The summed E-state index contributed by atoms with van der Waals surface area (Å²) in [7, 11) is 0. The van der Waals surface area contributed by atoms with Crippen LogP contribution in [0.2, 0.25) is 0 Å². The number of hydrogen-bond donors (Lipinski definition) is 1. The van der Waals surface area contributed by atoms with Crippen LogP contribution in [0.1, 0.15) is 46.0 Å². The summed E-state index contributed by atoms with van der Waals surface area (Å²) in [6, 6.07) is 0. The Kier molecular flexibility index (Phi) is 5.05. The quantitative estimate of drug-likeness (QED) is 0.758. The average Bonchev–Trinajstić information content (AvgIpc) is 2.58. The van der Waals surface area contributed by atoms with Crippen LogP contribution in [0, 0.1) is 5.92 Å². The summed E-state index contributed by atoms with van der Waals surface area (Å²) in [5.74, 6) is 0.760. The molecule has 0 radical (unpaired) electrons. The second-order valence-corrected chi connectivity index (χ2v) is 5.87. The zero-order valence-electron chi connectivity index (χ0n) is 11.6. The Morgan fingerprint density at radius 2 is 1.88 bits per heavy atom. The van der Waals surface area contributed by atoms with Crippen molar-refractivity contribution in [1.82, 2.24) is 10.2 Å². The van der Waals surface area contributed by atoms with Crippen LogP contribution < -0.4 is 5.32 Å². The van der Waals surface area contributed by atoms with Crippen LogP contribution in [0.15, 0.2) is 11.1 Å². The molecule has 1 heterocycles. The van der Waals surface area contributed by atoms with E-state index in [0.29, 0.717) is 0 Å². The first-order chi connectivity index (χ1) is 8.27. The van der Waals surface area contributed by atoms with Gasteiger partial charge in [0.05, 0.1) is 0 Å². The lowest BCUT2D eigenvalue weighted by Crippen LogP contribution is -2.31. The molecule has 0 saturated carbocycles. The topological polar surface area (TPSA) is 15.3 Å². The molecule has 98 valence electrons. The molecule has 0 amide bonds. The van der Waals surface area contributed by atoms with Gasteiger partial charge in [-0.3, -0.25) is 4.90 Å². The predicted octanol–water partition coefficient (Wildman–Crippen LogP) is 2.81. The van der Waals surface area contributed by atoms with Gasteiger partial charge >= 0.3 is 0 Å². The van der Waals surface area contributed by atoms with E-state index >= 15 is 0 Å². The minimum absolute atomic E-state index is 0.760. The van der Waals surface area contributed by atoms with Crippen molar-refractivity contribution >= 4 is 0 Å². The Bertz CT molecular complexity index is 260. The number of allylic oxidation sites excluding steroid dienone is 1. The van der Waals surface area contributed by atoms with E-state index in [1.165, 1.54) is 64.8 Å². The minimum atomic E-state index is 0.760. The monoisotopic (exact) mass is 236 g/mol. The van der Waals surface area contributed by atoms with Gasteiger partial charge < -0.3 is 5.32 Å². The van der Waals surface area contributed by atoms with Gasteiger partial charge in [0.2, 0.25) is 0 Å². The van der Waals surface area contributed by atoms with Crippen molar-refractivity contribution in [1.29, 1.82) is 0 Å². The SMILES string of the molecule is CC(C)C1=C(CN2CCCNCC2)CCCC1. The molecule has 0 bridgehead atoms. The Labute approximate surface area is 106 Å². The maximum Gasteiger partial charge on any atom is 0.0196 e. The molecule has 1 saturated heterocycles. The molecule has 0 spiro atoms. The molecule has 17 heavy (non-hydrogen) atoms. The van der Waals surface area contributed by atoms with E-state index in [4.69, 9.17) is 0 Å². The van der Waals surface area contributed by atoms with E-state index in [2.05, 4.69) is 24.1 Å². The molecular weight excluding hydrogens is 208 g/mol. The van der Waals surface area contributed by atoms with Crippen molar-refractivity contribution in [2.45, 2.75) is 46.0 Å².